The van der Waals surface area contributed by atoms with Crippen molar-refractivity contribution in [1.29, 1.82) is 0 Å². The molecule has 1 aromatic carbocycles. The van der Waals surface area contributed by atoms with Crippen LogP contribution in [0.2, 0.25) is 0 Å². The van der Waals surface area contributed by atoms with Crippen molar-refractivity contribution in [3.05, 3.63) is 53.2 Å². The van der Waals surface area contributed by atoms with Crippen LogP contribution in [0.3, 0.4) is 0 Å². The highest BCUT2D eigenvalue weighted by Gasteiger charge is 2.21. The predicted molar refractivity (Wildman–Crippen MR) is 79.5 cm³/mol. The van der Waals surface area contributed by atoms with Crippen LogP contribution in [-0.4, -0.2) is 24.6 Å². The Kier molecular flexibility index (Phi) is 5.46. The second kappa shape index (κ2) is 7.53. The molecule has 7 heteroatoms. The van der Waals surface area contributed by atoms with Gasteiger partial charge in [-0.2, -0.15) is 0 Å². The number of amides is 1. The summed E-state index contributed by atoms with van der Waals surface area (Å²) in [7, 11) is 1.17. The number of carbonyl (C=O) groups excluding carboxylic acids is 1. The zero-order valence-corrected chi connectivity index (χ0v) is 12.7. The standard InChI is InChI=1S/C16H16F2N2O3/c1-3-23-13-8-10(6-7-19-13)9-20-16(21)14-11(17)4-5-12(18)15(14)22-2/h4-8H,3,9H2,1-2H3,(H,20,21). The number of hydrogen-bond acceptors (Lipinski definition) is 4. The third-order valence-corrected chi connectivity index (χ3v) is 3.03. The van der Waals surface area contributed by atoms with Crippen molar-refractivity contribution in [3.8, 4) is 11.6 Å². The first-order chi connectivity index (χ1) is 11.1. The molecular formula is C16H16F2N2O3. The highest BCUT2D eigenvalue weighted by atomic mass is 19.1. The zero-order valence-electron chi connectivity index (χ0n) is 12.7. The number of carbonyl (C=O) groups is 1. The van der Waals surface area contributed by atoms with Crippen molar-refractivity contribution in [2.45, 2.75) is 13.5 Å². The van der Waals surface area contributed by atoms with Crippen LogP contribution in [-0.2, 0) is 6.54 Å². The van der Waals surface area contributed by atoms with E-state index in [0.717, 1.165) is 12.1 Å². The number of nitrogens with zero attached hydrogens (tertiary/aromatic N) is 1. The Balaban J connectivity index is 2.14. The van der Waals surface area contributed by atoms with Gasteiger partial charge in [0, 0.05) is 18.8 Å². The molecule has 0 bridgehead atoms. The highest BCUT2D eigenvalue weighted by Crippen LogP contribution is 2.25. The molecule has 0 saturated heterocycles. The highest BCUT2D eigenvalue weighted by molar-refractivity contribution is 5.97. The number of benzene rings is 1. The third kappa shape index (κ3) is 3.94. The number of rotatable bonds is 6. The Morgan fingerprint density at radius 3 is 2.70 bits per heavy atom. The molecule has 0 aliphatic heterocycles. The van der Waals surface area contributed by atoms with Crippen LogP contribution in [0.15, 0.2) is 30.5 Å². The minimum atomic E-state index is -0.856. The molecule has 0 spiro atoms. The Hall–Kier alpha value is -2.70. The molecule has 0 unspecified atom stereocenters. The van der Waals surface area contributed by atoms with Gasteiger partial charge >= 0.3 is 0 Å². The summed E-state index contributed by atoms with van der Waals surface area (Å²) < 4.78 is 37.4. The van der Waals surface area contributed by atoms with E-state index in [-0.39, 0.29) is 6.54 Å². The summed E-state index contributed by atoms with van der Waals surface area (Å²) in [5, 5.41) is 2.52. The Labute approximate surface area is 132 Å². The van der Waals surface area contributed by atoms with E-state index in [1.54, 1.807) is 12.1 Å². The lowest BCUT2D eigenvalue weighted by Gasteiger charge is -2.11. The topological polar surface area (TPSA) is 60.5 Å². The molecule has 0 radical (unpaired) electrons. The fraction of sp³-hybridized carbons (Fsp3) is 0.250. The fourth-order valence-corrected chi connectivity index (χ4v) is 2.00. The van der Waals surface area contributed by atoms with E-state index in [2.05, 4.69) is 10.3 Å². The van der Waals surface area contributed by atoms with Gasteiger partial charge in [0.2, 0.25) is 5.88 Å². The zero-order chi connectivity index (χ0) is 16.8. The first kappa shape index (κ1) is 16.7. The van der Waals surface area contributed by atoms with E-state index >= 15 is 0 Å². The van der Waals surface area contributed by atoms with Gasteiger partial charge in [-0.15, -0.1) is 0 Å². The van der Waals surface area contributed by atoms with E-state index in [4.69, 9.17) is 9.47 Å². The van der Waals surface area contributed by atoms with Crippen LogP contribution in [0, 0.1) is 11.6 Å². The predicted octanol–water partition coefficient (Wildman–Crippen LogP) is 2.70. The molecular weight excluding hydrogens is 306 g/mol. The monoisotopic (exact) mass is 322 g/mol. The van der Waals surface area contributed by atoms with Gasteiger partial charge in [-0.1, -0.05) is 0 Å². The number of pyridine rings is 1. The Bertz CT molecular complexity index is 708. The van der Waals surface area contributed by atoms with Crippen molar-refractivity contribution in [3.63, 3.8) is 0 Å². The van der Waals surface area contributed by atoms with Crippen molar-refractivity contribution in [2.75, 3.05) is 13.7 Å². The first-order valence-electron chi connectivity index (χ1n) is 6.94. The molecule has 0 fully saturated rings. The number of ether oxygens (including phenoxy) is 2. The van der Waals surface area contributed by atoms with E-state index in [9.17, 15) is 13.6 Å². The first-order valence-corrected chi connectivity index (χ1v) is 6.94. The maximum absolute atomic E-state index is 13.8. The van der Waals surface area contributed by atoms with Crippen LogP contribution < -0.4 is 14.8 Å². The largest absolute Gasteiger partial charge is 0.493 e. The molecule has 0 saturated carbocycles. The molecule has 1 aromatic heterocycles. The van der Waals surface area contributed by atoms with Crippen LogP contribution in [0.25, 0.3) is 0 Å². The van der Waals surface area contributed by atoms with Gasteiger partial charge in [0.25, 0.3) is 5.91 Å². The van der Waals surface area contributed by atoms with Crippen molar-refractivity contribution in [1.82, 2.24) is 10.3 Å². The summed E-state index contributed by atoms with van der Waals surface area (Å²) >= 11 is 0. The van der Waals surface area contributed by atoms with Gasteiger partial charge in [0.15, 0.2) is 11.6 Å². The summed E-state index contributed by atoms with van der Waals surface area (Å²) in [5.41, 5.74) is 0.249. The minimum Gasteiger partial charge on any atom is -0.493 e. The Morgan fingerprint density at radius 2 is 2.00 bits per heavy atom. The Morgan fingerprint density at radius 1 is 1.26 bits per heavy atom. The number of methoxy groups -OCH3 is 1. The molecule has 0 aliphatic carbocycles. The number of halogens is 2. The molecule has 23 heavy (non-hydrogen) atoms. The van der Waals surface area contributed by atoms with Crippen LogP contribution >= 0.6 is 0 Å². The summed E-state index contributed by atoms with van der Waals surface area (Å²) in [4.78, 5) is 16.1. The summed E-state index contributed by atoms with van der Waals surface area (Å²) in [6.45, 7) is 2.41. The third-order valence-electron chi connectivity index (χ3n) is 3.03. The van der Waals surface area contributed by atoms with E-state index in [1.807, 2.05) is 6.92 Å². The average molecular weight is 322 g/mol. The molecule has 5 nitrogen and oxygen atoms in total. The SMILES string of the molecule is CCOc1cc(CNC(=O)c2c(F)ccc(F)c2OC)ccn1. The van der Waals surface area contributed by atoms with Crippen molar-refractivity contribution in [2.24, 2.45) is 0 Å². The van der Waals surface area contributed by atoms with E-state index in [1.165, 1.54) is 13.3 Å². The lowest BCUT2D eigenvalue weighted by Crippen LogP contribution is -2.25. The van der Waals surface area contributed by atoms with Crippen molar-refractivity contribution >= 4 is 5.91 Å². The van der Waals surface area contributed by atoms with Gasteiger partial charge in [0.1, 0.15) is 11.4 Å². The smallest absolute Gasteiger partial charge is 0.258 e. The number of aromatic nitrogens is 1. The quantitative estimate of drug-likeness (QED) is 0.888. The minimum absolute atomic E-state index is 0.112. The second-order valence-corrected chi connectivity index (χ2v) is 4.56. The maximum atomic E-state index is 13.8. The lowest BCUT2D eigenvalue weighted by atomic mass is 10.1. The average Bonchev–Trinajstić information content (AvgIpc) is 2.55. The molecule has 0 aliphatic rings. The maximum Gasteiger partial charge on any atom is 0.258 e. The molecule has 2 rings (SSSR count). The molecule has 1 amide bonds. The van der Waals surface area contributed by atoms with E-state index in [0.29, 0.717) is 18.1 Å². The van der Waals surface area contributed by atoms with Gasteiger partial charge in [-0.3, -0.25) is 4.79 Å². The van der Waals surface area contributed by atoms with Gasteiger partial charge in [0.05, 0.1) is 13.7 Å². The summed E-state index contributed by atoms with van der Waals surface area (Å²) in [6, 6.07) is 5.12. The normalized spacial score (nSPS) is 10.3. The van der Waals surface area contributed by atoms with E-state index < -0.39 is 28.9 Å². The number of hydrogen-bond donors (Lipinski definition) is 1. The molecule has 1 heterocycles. The van der Waals surface area contributed by atoms with Gasteiger partial charge in [-0.25, -0.2) is 13.8 Å². The fourth-order valence-electron chi connectivity index (χ4n) is 2.00. The number of nitrogens with one attached hydrogen (secondary N) is 1. The molecule has 1 N–H and O–H groups in total. The van der Waals surface area contributed by atoms with Crippen LogP contribution in [0.5, 0.6) is 11.6 Å². The molecule has 122 valence electrons. The van der Waals surface area contributed by atoms with Crippen LogP contribution in [0.4, 0.5) is 8.78 Å². The lowest BCUT2D eigenvalue weighted by molar-refractivity contribution is 0.0942. The summed E-state index contributed by atoms with van der Waals surface area (Å²) in [5.74, 6) is -2.43. The van der Waals surface area contributed by atoms with Crippen molar-refractivity contribution < 1.29 is 23.0 Å². The molecule has 2 aromatic rings. The van der Waals surface area contributed by atoms with Gasteiger partial charge in [-0.05, 0) is 30.7 Å². The van der Waals surface area contributed by atoms with Gasteiger partial charge < -0.3 is 14.8 Å². The van der Waals surface area contributed by atoms with Crippen LogP contribution in [0.1, 0.15) is 22.8 Å². The molecule has 0 atom stereocenters. The summed E-state index contributed by atoms with van der Waals surface area (Å²) in [6.07, 6.45) is 1.54. The second-order valence-electron chi connectivity index (χ2n) is 4.56.